The molecule has 134 valence electrons. The van der Waals surface area contributed by atoms with Gasteiger partial charge in [0, 0.05) is 24.0 Å². The van der Waals surface area contributed by atoms with Gasteiger partial charge in [-0.1, -0.05) is 18.2 Å². The molecule has 0 spiro atoms. The number of likely N-dealkylation sites (tertiary alicyclic amines) is 1. The fourth-order valence-corrected chi connectivity index (χ4v) is 3.87. The van der Waals surface area contributed by atoms with E-state index in [1.165, 1.54) is 24.2 Å². The average molecular weight is 360 g/mol. The summed E-state index contributed by atoms with van der Waals surface area (Å²) in [5.74, 6) is 0.697. The van der Waals surface area contributed by atoms with Crippen LogP contribution in [-0.2, 0) is 6.54 Å². The zero-order valence-corrected chi connectivity index (χ0v) is 15.2. The third-order valence-electron chi connectivity index (χ3n) is 4.49. The van der Waals surface area contributed by atoms with Gasteiger partial charge in [0.2, 0.25) is 0 Å². The molecule has 1 atom stereocenters. The van der Waals surface area contributed by atoms with E-state index >= 15 is 0 Å². The summed E-state index contributed by atoms with van der Waals surface area (Å²) in [6.45, 7) is 2.95. The van der Waals surface area contributed by atoms with Crippen LogP contribution in [0.5, 0.6) is 5.75 Å². The van der Waals surface area contributed by atoms with Crippen LogP contribution in [0.2, 0.25) is 0 Å². The summed E-state index contributed by atoms with van der Waals surface area (Å²) in [4.78, 5) is 19.1. The molecule has 1 aliphatic heterocycles. The Balaban J connectivity index is 1.75. The number of carbonyl (C=O) groups excluding carboxylic acids is 1. The monoisotopic (exact) mass is 360 g/mol. The minimum absolute atomic E-state index is 0.0928. The number of nitrogens with two attached hydrogens (primary N) is 1. The second-order valence-corrected chi connectivity index (χ2v) is 6.98. The van der Waals surface area contributed by atoms with E-state index in [2.05, 4.69) is 21.3 Å². The number of nitrogens with zero attached hydrogens (tertiary/aromatic N) is 2. The van der Waals surface area contributed by atoms with Crippen molar-refractivity contribution in [1.82, 2.24) is 15.2 Å². The maximum absolute atomic E-state index is 12.4. The number of rotatable bonds is 7. The molecule has 1 aliphatic rings. The summed E-state index contributed by atoms with van der Waals surface area (Å²) in [6, 6.07) is 8.11. The number of para-hydroxylation sites is 1. The Bertz CT molecular complexity index is 713. The molecule has 3 N–H and O–H groups in total. The van der Waals surface area contributed by atoms with Crippen molar-refractivity contribution in [3.63, 3.8) is 0 Å². The number of methoxy groups -OCH3 is 1. The molecule has 0 bridgehead atoms. The Kier molecular flexibility index (Phi) is 6.01. The highest BCUT2D eigenvalue weighted by atomic mass is 32.1. The van der Waals surface area contributed by atoms with Crippen molar-refractivity contribution in [2.45, 2.75) is 25.4 Å². The van der Waals surface area contributed by atoms with Crippen LogP contribution in [-0.4, -0.2) is 42.5 Å². The van der Waals surface area contributed by atoms with Crippen molar-refractivity contribution >= 4 is 17.2 Å². The summed E-state index contributed by atoms with van der Waals surface area (Å²) in [5.41, 5.74) is 7.11. The predicted octanol–water partition coefficient (Wildman–Crippen LogP) is 2.18. The van der Waals surface area contributed by atoms with E-state index in [0.717, 1.165) is 29.4 Å². The van der Waals surface area contributed by atoms with Crippen LogP contribution >= 0.6 is 11.3 Å². The topological polar surface area (TPSA) is 80.5 Å². The zero-order chi connectivity index (χ0) is 17.6. The Morgan fingerprint density at radius 1 is 1.40 bits per heavy atom. The van der Waals surface area contributed by atoms with Crippen LogP contribution in [0.3, 0.4) is 0 Å². The molecule has 1 aromatic carbocycles. The fraction of sp³-hybridized carbons (Fsp3) is 0.444. The smallest absolute Gasteiger partial charge is 0.270 e. The van der Waals surface area contributed by atoms with E-state index in [9.17, 15) is 4.79 Å². The number of ether oxygens (including phenoxy) is 1. The molecule has 1 aromatic heterocycles. The van der Waals surface area contributed by atoms with Crippen LogP contribution in [0, 0.1) is 0 Å². The molecule has 6 nitrogen and oxygen atoms in total. The Morgan fingerprint density at radius 2 is 2.16 bits per heavy atom. The number of amides is 1. The Labute approximate surface area is 152 Å². The molecule has 0 radical (unpaired) electrons. The lowest BCUT2D eigenvalue weighted by Gasteiger charge is -2.29. The molecular formula is C18H24N4O2S. The van der Waals surface area contributed by atoms with E-state index in [-0.39, 0.29) is 11.9 Å². The molecule has 2 heterocycles. The van der Waals surface area contributed by atoms with Crippen molar-refractivity contribution in [1.29, 1.82) is 0 Å². The molecular weight excluding hydrogens is 336 g/mol. The number of hydrogen-bond donors (Lipinski definition) is 2. The molecule has 1 saturated heterocycles. The van der Waals surface area contributed by atoms with Crippen molar-refractivity contribution in [2.75, 3.05) is 26.7 Å². The van der Waals surface area contributed by atoms with Gasteiger partial charge in [0.1, 0.15) is 16.5 Å². The number of nitrogens with one attached hydrogen (secondary N) is 1. The van der Waals surface area contributed by atoms with Gasteiger partial charge in [-0.2, -0.15) is 0 Å². The van der Waals surface area contributed by atoms with Gasteiger partial charge in [-0.3, -0.25) is 9.69 Å². The van der Waals surface area contributed by atoms with Gasteiger partial charge >= 0.3 is 0 Å². The predicted molar refractivity (Wildman–Crippen MR) is 98.9 cm³/mol. The van der Waals surface area contributed by atoms with Gasteiger partial charge < -0.3 is 15.8 Å². The minimum atomic E-state index is -0.157. The van der Waals surface area contributed by atoms with Crippen LogP contribution < -0.4 is 15.8 Å². The highest BCUT2D eigenvalue weighted by Crippen LogP contribution is 2.31. The molecule has 3 rings (SSSR count). The van der Waals surface area contributed by atoms with Crippen LogP contribution in [0.4, 0.5) is 0 Å². The van der Waals surface area contributed by atoms with E-state index in [0.29, 0.717) is 18.8 Å². The largest absolute Gasteiger partial charge is 0.496 e. The van der Waals surface area contributed by atoms with Crippen LogP contribution in [0.25, 0.3) is 0 Å². The second-order valence-electron chi connectivity index (χ2n) is 6.04. The molecule has 0 saturated carbocycles. The van der Waals surface area contributed by atoms with Crippen molar-refractivity contribution in [3.05, 3.63) is 45.9 Å². The number of carbonyl (C=O) groups is 1. The highest BCUT2D eigenvalue weighted by molar-refractivity contribution is 7.09. The number of thiazole rings is 1. The van der Waals surface area contributed by atoms with Crippen LogP contribution in [0.1, 0.15) is 39.9 Å². The Morgan fingerprint density at radius 3 is 2.84 bits per heavy atom. The van der Waals surface area contributed by atoms with Gasteiger partial charge in [-0.05, 0) is 32.0 Å². The van der Waals surface area contributed by atoms with Gasteiger partial charge in [-0.15, -0.1) is 11.3 Å². The van der Waals surface area contributed by atoms with Gasteiger partial charge in [0.25, 0.3) is 5.91 Å². The summed E-state index contributed by atoms with van der Waals surface area (Å²) in [5, 5.41) is 5.56. The standard InChI is InChI=1S/C18H24N4O2S/c1-24-16-7-3-2-6-13(16)15(22-8-4-5-9-22)11-20-18(23)14-12-25-17(10-19)21-14/h2-3,6-7,12,15H,4-5,8-11,19H2,1H3,(H,20,23). The molecule has 7 heteroatoms. The Hall–Kier alpha value is -1.96. The maximum Gasteiger partial charge on any atom is 0.270 e. The molecule has 25 heavy (non-hydrogen) atoms. The number of aromatic nitrogens is 1. The van der Waals surface area contributed by atoms with Crippen molar-refractivity contribution in [2.24, 2.45) is 5.73 Å². The van der Waals surface area contributed by atoms with Gasteiger partial charge in [0.05, 0.1) is 13.2 Å². The second kappa shape index (κ2) is 8.42. The number of benzene rings is 1. The molecule has 1 amide bonds. The lowest BCUT2D eigenvalue weighted by molar-refractivity contribution is 0.0933. The van der Waals surface area contributed by atoms with E-state index in [1.54, 1.807) is 12.5 Å². The van der Waals surface area contributed by atoms with E-state index in [4.69, 9.17) is 10.5 Å². The quantitative estimate of drug-likeness (QED) is 0.791. The van der Waals surface area contributed by atoms with Gasteiger partial charge in [-0.25, -0.2) is 4.98 Å². The molecule has 0 aliphatic carbocycles. The van der Waals surface area contributed by atoms with E-state index < -0.39 is 0 Å². The summed E-state index contributed by atoms with van der Waals surface area (Å²) in [6.07, 6.45) is 2.37. The fourth-order valence-electron chi connectivity index (χ4n) is 3.22. The summed E-state index contributed by atoms with van der Waals surface area (Å²) in [7, 11) is 1.68. The third kappa shape index (κ3) is 4.18. The highest BCUT2D eigenvalue weighted by Gasteiger charge is 2.26. The lowest BCUT2D eigenvalue weighted by Crippen LogP contribution is -2.37. The first-order valence-electron chi connectivity index (χ1n) is 8.52. The summed E-state index contributed by atoms with van der Waals surface area (Å²) >= 11 is 1.41. The zero-order valence-electron chi connectivity index (χ0n) is 14.4. The van der Waals surface area contributed by atoms with Gasteiger partial charge in [0.15, 0.2) is 0 Å². The normalized spacial score (nSPS) is 15.9. The van der Waals surface area contributed by atoms with Crippen molar-refractivity contribution < 1.29 is 9.53 Å². The first-order chi connectivity index (χ1) is 12.2. The van der Waals surface area contributed by atoms with Crippen molar-refractivity contribution in [3.8, 4) is 5.75 Å². The first kappa shape index (κ1) is 17.8. The average Bonchev–Trinajstić information content (AvgIpc) is 3.34. The SMILES string of the molecule is COc1ccccc1C(CNC(=O)c1csc(CN)n1)N1CCCC1. The lowest BCUT2D eigenvalue weighted by atomic mass is 10.0. The first-order valence-corrected chi connectivity index (χ1v) is 9.40. The maximum atomic E-state index is 12.4. The minimum Gasteiger partial charge on any atom is -0.496 e. The van der Waals surface area contributed by atoms with Crippen LogP contribution in [0.15, 0.2) is 29.6 Å². The molecule has 1 fully saturated rings. The molecule has 1 unspecified atom stereocenters. The third-order valence-corrected chi connectivity index (χ3v) is 5.37. The van der Waals surface area contributed by atoms with E-state index in [1.807, 2.05) is 18.2 Å². The molecule has 2 aromatic rings. The number of hydrogen-bond acceptors (Lipinski definition) is 6. The summed E-state index contributed by atoms with van der Waals surface area (Å²) < 4.78 is 5.53.